The molecule has 7 nitrogen and oxygen atoms in total. The van der Waals surface area contributed by atoms with E-state index in [-0.39, 0.29) is 29.9 Å². The molecule has 0 radical (unpaired) electrons. The highest BCUT2D eigenvalue weighted by Gasteiger charge is 2.15. The number of hydrogen-bond acceptors (Lipinski definition) is 5. The zero-order valence-corrected chi connectivity index (χ0v) is 17.4. The highest BCUT2D eigenvalue weighted by Crippen LogP contribution is 2.17. The zero-order chi connectivity index (χ0) is 22.2. The van der Waals surface area contributed by atoms with Crippen LogP contribution in [0.5, 0.6) is 0 Å². The summed E-state index contributed by atoms with van der Waals surface area (Å²) in [6, 6.07) is 17.1. The van der Waals surface area contributed by atoms with Gasteiger partial charge in [0.1, 0.15) is 0 Å². The molecular formula is C24H24N2O5. The second kappa shape index (κ2) is 10.2. The number of furan rings is 1. The molecule has 31 heavy (non-hydrogen) atoms. The van der Waals surface area contributed by atoms with Gasteiger partial charge in [0.25, 0.3) is 11.8 Å². The Bertz CT molecular complexity index is 1020. The lowest BCUT2D eigenvalue weighted by atomic mass is 10.0. The van der Waals surface area contributed by atoms with E-state index in [1.165, 1.54) is 18.4 Å². The van der Waals surface area contributed by atoms with E-state index in [1.807, 2.05) is 38.1 Å². The molecule has 0 fully saturated rings. The van der Waals surface area contributed by atoms with Gasteiger partial charge >= 0.3 is 5.97 Å². The van der Waals surface area contributed by atoms with Crippen molar-refractivity contribution < 1.29 is 23.5 Å². The van der Waals surface area contributed by atoms with E-state index in [9.17, 15) is 14.4 Å². The molecule has 0 aliphatic carbocycles. The van der Waals surface area contributed by atoms with Crippen LogP contribution in [0.3, 0.4) is 0 Å². The number of carbonyl (C=O) groups excluding carboxylic acids is 3. The van der Waals surface area contributed by atoms with Crippen LogP contribution in [-0.4, -0.2) is 24.4 Å². The first kappa shape index (κ1) is 21.8. The number of rotatable bonds is 8. The Hall–Kier alpha value is -3.87. The number of benzene rings is 2. The summed E-state index contributed by atoms with van der Waals surface area (Å²) < 4.78 is 10.1. The highest BCUT2D eigenvalue weighted by atomic mass is 16.5. The number of ether oxygens (including phenoxy) is 1. The van der Waals surface area contributed by atoms with E-state index >= 15 is 0 Å². The Morgan fingerprint density at radius 2 is 1.71 bits per heavy atom. The van der Waals surface area contributed by atoms with Crippen molar-refractivity contribution in [3.8, 4) is 0 Å². The van der Waals surface area contributed by atoms with Crippen LogP contribution in [0.25, 0.3) is 0 Å². The monoisotopic (exact) mass is 420 g/mol. The number of anilines is 1. The number of hydrogen-bond donors (Lipinski definition) is 2. The van der Waals surface area contributed by atoms with E-state index in [1.54, 1.807) is 24.3 Å². The molecule has 0 aliphatic rings. The van der Waals surface area contributed by atoms with Gasteiger partial charge in [-0.1, -0.05) is 36.8 Å². The molecule has 7 heteroatoms. The molecule has 0 bridgehead atoms. The summed E-state index contributed by atoms with van der Waals surface area (Å²) in [6.07, 6.45) is 2.13. The lowest BCUT2D eigenvalue weighted by Crippen LogP contribution is -2.32. The quantitative estimate of drug-likeness (QED) is 0.531. The molecule has 0 unspecified atom stereocenters. The third-order valence-corrected chi connectivity index (χ3v) is 4.68. The third-order valence-electron chi connectivity index (χ3n) is 4.68. The first-order chi connectivity index (χ1) is 15.0. The van der Waals surface area contributed by atoms with Crippen LogP contribution in [0.2, 0.25) is 0 Å². The molecule has 2 aromatic carbocycles. The standard InChI is InChI=1S/C24H24N2O5/c1-3-20(17-8-6-16(2)7-9-17)26-22(27)15-31-24(29)18-10-12-19(13-11-18)25-23(28)21-5-4-14-30-21/h4-14,20H,3,15H2,1-2H3,(H,25,28)(H,26,27)/t20-/m0/s1. The minimum Gasteiger partial charge on any atom is -0.459 e. The van der Waals surface area contributed by atoms with Crippen molar-refractivity contribution in [1.82, 2.24) is 5.32 Å². The number of nitrogens with one attached hydrogen (secondary N) is 2. The first-order valence-corrected chi connectivity index (χ1v) is 9.94. The maximum Gasteiger partial charge on any atom is 0.338 e. The summed E-state index contributed by atoms with van der Waals surface area (Å²) in [4.78, 5) is 36.4. The van der Waals surface area contributed by atoms with Crippen molar-refractivity contribution in [3.63, 3.8) is 0 Å². The minimum absolute atomic E-state index is 0.149. The summed E-state index contributed by atoms with van der Waals surface area (Å²) >= 11 is 0. The molecule has 0 saturated carbocycles. The first-order valence-electron chi connectivity index (χ1n) is 9.94. The van der Waals surface area contributed by atoms with Gasteiger partial charge in [0.05, 0.1) is 17.9 Å². The molecule has 3 rings (SSSR count). The molecule has 0 saturated heterocycles. The predicted molar refractivity (Wildman–Crippen MR) is 116 cm³/mol. The summed E-state index contributed by atoms with van der Waals surface area (Å²) in [5.74, 6) is -1.20. The van der Waals surface area contributed by atoms with Gasteiger partial charge in [-0.3, -0.25) is 9.59 Å². The Morgan fingerprint density at radius 1 is 1.00 bits per heavy atom. The fourth-order valence-corrected chi connectivity index (χ4v) is 2.96. The van der Waals surface area contributed by atoms with Crippen molar-refractivity contribution in [3.05, 3.63) is 89.4 Å². The van der Waals surface area contributed by atoms with Gasteiger partial charge in [-0.25, -0.2) is 4.79 Å². The number of esters is 1. The zero-order valence-electron chi connectivity index (χ0n) is 17.4. The molecule has 2 N–H and O–H groups in total. The van der Waals surface area contributed by atoms with Crippen molar-refractivity contribution in [2.24, 2.45) is 0 Å². The Balaban J connectivity index is 1.49. The van der Waals surface area contributed by atoms with E-state index in [0.717, 1.165) is 11.1 Å². The van der Waals surface area contributed by atoms with Gasteiger partial charge in [0.2, 0.25) is 0 Å². The minimum atomic E-state index is -0.623. The second-order valence-corrected chi connectivity index (χ2v) is 7.02. The summed E-state index contributed by atoms with van der Waals surface area (Å²) in [6.45, 7) is 3.60. The van der Waals surface area contributed by atoms with E-state index in [4.69, 9.17) is 9.15 Å². The van der Waals surface area contributed by atoms with Crippen LogP contribution in [0, 0.1) is 6.92 Å². The van der Waals surface area contributed by atoms with Crippen LogP contribution in [0.1, 0.15) is 51.4 Å². The number of carbonyl (C=O) groups is 3. The molecule has 160 valence electrons. The number of aryl methyl sites for hydroxylation is 1. The summed E-state index contributed by atoms with van der Waals surface area (Å²) in [5.41, 5.74) is 2.92. The lowest BCUT2D eigenvalue weighted by Gasteiger charge is -2.17. The van der Waals surface area contributed by atoms with Gasteiger partial charge < -0.3 is 19.8 Å². The third kappa shape index (κ3) is 6.05. The fraction of sp³-hybridized carbons (Fsp3) is 0.208. The van der Waals surface area contributed by atoms with Crippen molar-refractivity contribution in [2.45, 2.75) is 26.3 Å². The largest absolute Gasteiger partial charge is 0.459 e. The van der Waals surface area contributed by atoms with Crippen LogP contribution in [0.4, 0.5) is 5.69 Å². The fourth-order valence-electron chi connectivity index (χ4n) is 2.96. The average Bonchev–Trinajstić information content (AvgIpc) is 3.32. The van der Waals surface area contributed by atoms with Crippen LogP contribution < -0.4 is 10.6 Å². The van der Waals surface area contributed by atoms with Crippen LogP contribution in [0.15, 0.2) is 71.3 Å². The van der Waals surface area contributed by atoms with E-state index in [2.05, 4.69) is 10.6 Å². The van der Waals surface area contributed by atoms with E-state index < -0.39 is 11.9 Å². The van der Waals surface area contributed by atoms with E-state index in [0.29, 0.717) is 12.1 Å². The number of amides is 2. The van der Waals surface area contributed by atoms with Gasteiger partial charge in [-0.15, -0.1) is 0 Å². The molecule has 0 spiro atoms. The van der Waals surface area contributed by atoms with Crippen LogP contribution >= 0.6 is 0 Å². The molecule has 1 heterocycles. The van der Waals surface area contributed by atoms with Crippen LogP contribution in [-0.2, 0) is 9.53 Å². The summed E-state index contributed by atoms with van der Waals surface area (Å²) in [5, 5.41) is 5.54. The van der Waals surface area contributed by atoms with Crippen molar-refractivity contribution in [2.75, 3.05) is 11.9 Å². The highest BCUT2D eigenvalue weighted by molar-refractivity contribution is 6.02. The Kier molecular flexibility index (Phi) is 7.22. The SMILES string of the molecule is CC[C@H](NC(=O)COC(=O)c1ccc(NC(=O)c2ccco2)cc1)c1ccc(C)cc1. The van der Waals surface area contributed by atoms with Gasteiger partial charge in [0.15, 0.2) is 12.4 Å². The molecular weight excluding hydrogens is 396 g/mol. The molecule has 1 atom stereocenters. The smallest absolute Gasteiger partial charge is 0.338 e. The lowest BCUT2D eigenvalue weighted by molar-refractivity contribution is -0.125. The summed E-state index contributed by atoms with van der Waals surface area (Å²) in [7, 11) is 0. The second-order valence-electron chi connectivity index (χ2n) is 7.02. The Labute approximate surface area is 180 Å². The Morgan fingerprint density at radius 3 is 2.32 bits per heavy atom. The predicted octanol–water partition coefficient (Wildman–Crippen LogP) is 4.26. The maximum atomic E-state index is 12.2. The van der Waals surface area contributed by atoms with Gasteiger partial charge in [-0.2, -0.15) is 0 Å². The average molecular weight is 420 g/mol. The van der Waals surface area contributed by atoms with Gasteiger partial charge in [0, 0.05) is 5.69 Å². The topological polar surface area (TPSA) is 97.6 Å². The maximum absolute atomic E-state index is 12.2. The molecule has 3 aromatic rings. The normalized spacial score (nSPS) is 11.4. The van der Waals surface area contributed by atoms with Gasteiger partial charge in [-0.05, 0) is 55.3 Å². The van der Waals surface area contributed by atoms with Crippen molar-refractivity contribution in [1.29, 1.82) is 0 Å². The molecule has 2 amide bonds. The molecule has 0 aliphatic heterocycles. The molecule has 1 aromatic heterocycles. The van der Waals surface area contributed by atoms with Crippen molar-refractivity contribution >= 4 is 23.5 Å².